The number of benzene rings is 3. The molecular weight excluding hydrogens is 372 g/mol. The SMILES string of the molecule is O=C(NCc1cc(F)cc(F)c1)c1ccc(-c2cc(-c3ccccc3)n[nH]2)cc1. The minimum absolute atomic E-state index is 0.0379. The molecule has 0 bridgehead atoms. The van der Waals surface area contributed by atoms with Gasteiger partial charge in [-0.05, 0) is 41.5 Å². The Kier molecular flexibility index (Phi) is 5.16. The number of carbonyl (C=O) groups excluding carboxylic acids is 1. The molecule has 0 spiro atoms. The van der Waals surface area contributed by atoms with E-state index in [1.807, 2.05) is 48.5 Å². The normalized spacial score (nSPS) is 10.7. The Morgan fingerprint density at radius 1 is 0.862 bits per heavy atom. The number of amides is 1. The van der Waals surface area contributed by atoms with Crippen molar-refractivity contribution in [2.75, 3.05) is 0 Å². The van der Waals surface area contributed by atoms with Gasteiger partial charge in [0.1, 0.15) is 11.6 Å². The summed E-state index contributed by atoms with van der Waals surface area (Å²) in [6.07, 6.45) is 0. The third-order valence-electron chi connectivity index (χ3n) is 4.48. The highest BCUT2D eigenvalue weighted by Gasteiger charge is 2.09. The summed E-state index contributed by atoms with van der Waals surface area (Å²) in [5.74, 6) is -1.67. The van der Waals surface area contributed by atoms with Gasteiger partial charge < -0.3 is 5.32 Å². The van der Waals surface area contributed by atoms with E-state index in [9.17, 15) is 13.6 Å². The molecule has 0 saturated carbocycles. The molecule has 0 radical (unpaired) electrons. The van der Waals surface area contributed by atoms with E-state index in [4.69, 9.17) is 0 Å². The van der Waals surface area contributed by atoms with Crippen molar-refractivity contribution >= 4 is 5.91 Å². The molecule has 0 saturated heterocycles. The zero-order valence-corrected chi connectivity index (χ0v) is 15.3. The minimum atomic E-state index is -0.673. The van der Waals surface area contributed by atoms with Crippen molar-refractivity contribution in [2.24, 2.45) is 0 Å². The van der Waals surface area contributed by atoms with E-state index in [2.05, 4.69) is 15.5 Å². The molecule has 0 fully saturated rings. The molecule has 0 aliphatic carbocycles. The van der Waals surface area contributed by atoms with Gasteiger partial charge in [-0.25, -0.2) is 8.78 Å². The topological polar surface area (TPSA) is 57.8 Å². The van der Waals surface area contributed by atoms with Crippen LogP contribution in [0.2, 0.25) is 0 Å². The van der Waals surface area contributed by atoms with Crippen LogP contribution in [0.1, 0.15) is 15.9 Å². The standard InChI is InChI=1S/C23H17F2N3O/c24-19-10-15(11-20(25)12-19)14-26-23(29)18-8-6-17(7-9-18)22-13-21(27-28-22)16-4-2-1-3-5-16/h1-13H,14H2,(H,26,29)(H,27,28). The van der Waals surface area contributed by atoms with E-state index < -0.39 is 11.6 Å². The van der Waals surface area contributed by atoms with Gasteiger partial charge >= 0.3 is 0 Å². The largest absolute Gasteiger partial charge is 0.348 e. The number of rotatable bonds is 5. The Bertz CT molecular complexity index is 1120. The zero-order chi connectivity index (χ0) is 20.2. The summed E-state index contributed by atoms with van der Waals surface area (Å²) in [6, 6.07) is 22.0. The molecule has 144 valence electrons. The second-order valence-electron chi connectivity index (χ2n) is 6.57. The lowest BCUT2D eigenvalue weighted by Gasteiger charge is -2.07. The lowest BCUT2D eigenvalue weighted by Crippen LogP contribution is -2.22. The maximum absolute atomic E-state index is 13.2. The Balaban J connectivity index is 1.43. The maximum atomic E-state index is 13.2. The fraction of sp³-hybridized carbons (Fsp3) is 0.0435. The zero-order valence-electron chi connectivity index (χ0n) is 15.3. The average molecular weight is 389 g/mol. The maximum Gasteiger partial charge on any atom is 0.251 e. The van der Waals surface area contributed by atoms with Crippen LogP contribution in [0.3, 0.4) is 0 Å². The molecule has 4 nitrogen and oxygen atoms in total. The molecule has 0 atom stereocenters. The number of nitrogens with zero attached hydrogens (tertiary/aromatic N) is 1. The summed E-state index contributed by atoms with van der Waals surface area (Å²) in [6.45, 7) is 0.0379. The van der Waals surface area contributed by atoms with Gasteiger partial charge in [0, 0.05) is 23.7 Å². The highest BCUT2D eigenvalue weighted by molar-refractivity contribution is 5.94. The molecule has 29 heavy (non-hydrogen) atoms. The van der Waals surface area contributed by atoms with Crippen molar-refractivity contribution in [3.8, 4) is 22.5 Å². The molecular formula is C23H17F2N3O. The number of aromatic nitrogens is 2. The molecule has 2 N–H and O–H groups in total. The number of nitrogens with one attached hydrogen (secondary N) is 2. The molecule has 4 aromatic rings. The Hall–Kier alpha value is -3.80. The van der Waals surface area contributed by atoms with Crippen molar-refractivity contribution < 1.29 is 13.6 Å². The van der Waals surface area contributed by atoms with Crippen LogP contribution in [0.5, 0.6) is 0 Å². The van der Waals surface area contributed by atoms with Crippen LogP contribution >= 0.6 is 0 Å². The van der Waals surface area contributed by atoms with Crippen molar-refractivity contribution in [3.63, 3.8) is 0 Å². The van der Waals surface area contributed by atoms with Gasteiger partial charge in [-0.3, -0.25) is 9.89 Å². The fourth-order valence-corrected chi connectivity index (χ4v) is 3.02. The Morgan fingerprint density at radius 3 is 2.24 bits per heavy atom. The van der Waals surface area contributed by atoms with Gasteiger partial charge in [0.15, 0.2) is 0 Å². The summed E-state index contributed by atoms with van der Waals surface area (Å²) in [4.78, 5) is 12.3. The van der Waals surface area contributed by atoms with Crippen LogP contribution in [0.25, 0.3) is 22.5 Å². The smallest absolute Gasteiger partial charge is 0.251 e. The lowest BCUT2D eigenvalue weighted by atomic mass is 10.1. The quantitative estimate of drug-likeness (QED) is 0.507. The summed E-state index contributed by atoms with van der Waals surface area (Å²) in [5.41, 5.74) is 4.39. The molecule has 4 rings (SSSR count). The highest BCUT2D eigenvalue weighted by atomic mass is 19.1. The van der Waals surface area contributed by atoms with E-state index in [0.29, 0.717) is 11.1 Å². The van der Waals surface area contributed by atoms with Gasteiger partial charge in [0.25, 0.3) is 5.91 Å². The molecule has 0 unspecified atom stereocenters. The van der Waals surface area contributed by atoms with E-state index in [0.717, 1.165) is 28.6 Å². The van der Waals surface area contributed by atoms with Crippen LogP contribution in [0.4, 0.5) is 8.78 Å². The minimum Gasteiger partial charge on any atom is -0.348 e. The lowest BCUT2D eigenvalue weighted by molar-refractivity contribution is 0.0951. The van der Waals surface area contributed by atoms with Gasteiger partial charge in [0.2, 0.25) is 0 Å². The van der Waals surface area contributed by atoms with Crippen LogP contribution in [0, 0.1) is 11.6 Å². The fourth-order valence-electron chi connectivity index (χ4n) is 3.02. The van der Waals surface area contributed by atoms with Gasteiger partial charge in [-0.2, -0.15) is 5.10 Å². The predicted molar refractivity (Wildman–Crippen MR) is 107 cm³/mol. The van der Waals surface area contributed by atoms with E-state index in [1.165, 1.54) is 12.1 Å². The molecule has 1 heterocycles. The molecule has 6 heteroatoms. The van der Waals surface area contributed by atoms with E-state index in [1.54, 1.807) is 12.1 Å². The second-order valence-corrected chi connectivity index (χ2v) is 6.57. The number of hydrogen-bond acceptors (Lipinski definition) is 2. The number of aromatic amines is 1. The van der Waals surface area contributed by atoms with Gasteiger partial charge in [0.05, 0.1) is 11.4 Å². The number of halogens is 2. The third kappa shape index (κ3) is 4.38. The van der Waals surface area contributed by atoms with Crippen molar-refractivity contribution in [1.82, 2.24) is 15.5 Å². The first-order valence-electron chi connectivity index (χ1n) is 9.03. The second kappa shape index (κ2) is 8.06. The Morgan fingerprint density at radius 2 is 1.55 bits per heavy atom. The van der Waals surface area contributed by atoms with Gasteiger partial charge in [-0.15, -0.1) is 0 Å². The summed E-state index contributed by atoms with van der Waals surface area (Å²) >= 11 is 0. The first-order valence-corrected chi connectivity index (χ1v) is 9.03. The Labute approximate surface area is 166 Å². The van der Waals surface area contributed by atoms with Crippen LogP contribution in [0.15, 0.2) is 78.9 Å². The number of carbonyl (C=O) groups is 1. The summed E-state index contributed by atoms with van der Waals surface area (Å²) in [5, 5.41) is 10.00. The van der Waals surface area contributed by atoms with Crippen LogP contribution < -0.4 is 5.32 Å². The molecule has 0 aliphatic rings. The molecule has 1 amide bonds. The van der Waals surface area contributed by atoms with Crippen molar-refractivity contribution in [1.29, 1.82) is 0 Å². The van der Waals surface area contributed by atoms with Crippen LogP contribution in [-0.2, 0) is 6.54 Å². The summed E-state index contributed by atoms with van der Waals surface area (Å²) < 4.78 is 26.5. The first-order chi connectivity index (χ1) is 14.1. The average Bonchev–Trinajstić information content (AvgIpc) is 3.22. The first kappa shape index (κ1) is 18.6. The predicted octanol–water partition coefficient (Wildman–Crippen LogP) is 4.95. The van der Waals surface area contributed by atoms with Crippen LogP contribution in [-0.4, -0.2) is 16.1 Å². The van der Waals surface area contributed by atoms with Gasteiger partial charge in [-0.1, -0.05) is 42.5 Å². The molecule has 1 aromatic heterocycles. The van der Waals surface area contributed by atoms with Crippen molar-refractivity contribution in [3.05, 3.63) is 102 Å². The number of hydrogen-bond donors (Lipinski definition) is 2. The summed E-state index contributed by atoms with van der Waals surface area (Å²) in [7, 11) is 0. The van der Waals surface area contributed by atoms with Crippen molar-refractivity contribution in [2.45, 2.75) is 6.54 Å². The monoisotopic (exact) mass is 389 g/mol. The molecule has 0 aliphatic heterocycles. The van der Waals surface area contributed by atoms with E-state index >= 15 is 0 Å². The number of H-pyrrole nitrogens is 1. The molecule has 3 aromatic carbocycles. The third-order valence-corrected chi connectivity index (χ3v) is 4.48. The highest BCUT2D eigenvalue weighted by Crippen LogP contribution is 2.24. The van der Waals surface area contributed by atoms with E-state index in [-0.39, 0.29) is 12.5 Å².